The highest BCUT2D eigenvalue weighted by atomic mass is 16.5. The third-order valence-corrected chi connectivity index (χ3v) is 4.08. The molecule has 4 nitrogen and oxygen atoms in total. The maximum atomic E-state index is 5.76. The van der Waals surface area contributed by atoms with Gasteiger partial charge in [-0.1, -0.05) is 24.3 Å². The summed E-state index contributed by atoms with van der Waals surface area (Å²) in [7, 11) is 0. The number of fused-ring (bicyclic) bond motifs is 1. The number of rotatable bonds is 5. The van der Waals surface area contributed by atoms with Gasteiger partial charge in [-0.3, -0.25) is 16.3 Å². The fraction of sp³-hybridized carbons (Fsp3) is 0.438. The van der Waals surface area contributed by atoms with Crippen molar-refractivity contribution >= 4 is 10.8 Å². The van der Waals surface area contributed by atoms with E-state index < -0.39 is 0 Å². The molecule has 1 fully saturated rings. The predicted molar refractivity (Wildman–Crippen MR) is 80.0 cm³/mol. The largest absolute Gasteiger partial charge is 0.378 e. The summed E-state index contributed by atoms with van der Waals surface area (Å²) in [6, 6.07) is 8.42. The Hall–Kier alpha value is -1.49. The van der Waals surface area contributed by atoms with Gasteiger partial charge in [0.2, 0.25) is 0 Å². The summed E-state index contributed by atoms with van der Waals surface area (Å²) in [6.45, 7) is 0.904. The molecule has 0 aliphatic carbocycles. The molecule has 1 aliphatic rings. The monoisotopic (exact) mass is 271 g/mol. The van der Waals surface area contributed by atoms with Crippen LogP contribution in [-0.4, -0.2) is 17.7 Å². The average Bonchev–Trinajstić information content (AvgIpc) is 3.01. The van der Waals surface area contributed by atoms with E-state index in [0.29, 0.717) is 6.10 Å². The normalized spacial score (nSPS) is 20.4. The van der Waals surface area contributed by atoms with Crippen LogP contribution >= 0.6 is 0 Å². The van der Waals surface area contributed by atoms with Crippen molar-refractivity contribution in [3.63, 3.8) is 0 Å². The summed E-state index contributed by atoms with van der Waals surface area (Å²) in [4.78, 5) is 4.33. The van der Waals surface area contributed by atoms with Crippen LogP contribution in [0.2, 0.25) is 0 Å². The fourth-order valence-corrected chi connectivity index (χ4v) is 2.97. The molecule has 1 saturated heterocycles. The Morgan fingerprint density at radius 1 is 1.35 bits per heavy atom. The average molecular weight is 271 g/mol. The Labute approximate surface area is 119 Å². The highest BCUT2D eigenvalue weighted by Crippen LogP contribution is 2.27. The number of pyridine rings is 1. The highest BCUT2D eigenvalue weighted by Gasteiger charge is 2.19. The first-order valence-electron chi connectivity index (χ1n) is 7.29. The lowest BCUT2D eigenvalue weighted by atomic mass is 9.97. The van der Waals surface area contributed by atoms with Crippen molar-refractivity contribution in [2.45, 2.75) is 37.8 Å². The first kappa shape index (κ1) is 13.5. The van der Waals surface area contributed by atoms with Crippen molar-refractivity contribution in [1.82, 2.24) is 10.4 Å². The summed E-state index contributed by atoms with van der Waals surface area (Å²) < 4.78 is 5.69. The van der Waals surface area contributed by atoms with Crippen molar-refractivity contribution in [3.05, 3.63) is 42.2 Å². The van der Waals surface area contributed by atoms with Crippen LogP contribution in [0, 0.1) is 0 Å². The van der Waals surface area contributed by atoms with Crippen LogP contribution in [-0.2, 0) is 4.74 Å². The van der Waals surface area contributed by atoms with E-state index >= 15 is 0 Å². The van der Waals surface area contributed by atoms with E-state index in [9.17, 15) is 0 Å². The molecule has 0 amide bonds. The number of nitrogens with two attached hydrogens (primary N) is 1. The summed E-state index contributed by atoms with van der Waals surface area (Å²) in [5.41, 5.74) is 4.11. The van der Waals surface area contributed by atoms with E-state index in [1.54, 1.807) is 0 Å². The zero-order valence-corrected chi connectivity index (χ0v) is 11.6. The quantitative estimate of drug-likeness (QED) is 0.648. The Balaban J connectivity index is 1.79. The van der Waals surface area contributed by atoms with Gasteiger partial charge in [0.05, 0.1) is 6.10 Å². The van der Waals surface area contributed by atoms with Crippen LogP contribution in [0.5, 0.6) is 0 Å². The number of ether oxygens (including phenoxy) is 1. The van der Waals surface area contributed by atoms with Gasteiger partial charge < -0.3 is 4.74 Å². The topological polar surface area (TPSA) is 60.2 Å². The Kier molecular flexibility index (Phi) is 4.25. The second-order valence-corrected chi connectivity index (χ2v) is 5.38. The first-order chi connectivity index (χ1) is 9.88. The van der Waals surface area contributed by atoms with Gasteiger partial charge >= 0.3 is 0 Å². The molecule has 106 valence electrons. The van der Waals surface area contributed by atoms with Crippen molar-refractivity contribution in [2.24, 2.45) is 5.84 Å². The third-order valence-electron chi connectivity index (χ3n) is 4.08. The summed E-state index contributed by atoms with van der Waals surface area (Å²) in [5.74, 6) is 5.76. The maximum Gasteiger partial charge on any atom is 0.0576 e. The van der Waals surface area contributed by atoms with Gasteiger partial charge in [-0.15, -0.1) is 0 Å². The Bertz CT molecular complexity index is 561. The zero-order chi connectivity index (χ0) is 13.8. The number of hydrazine groups is 1. The number of benzene rings is 1. The Morgan fingerprint density at radius 3 is 3.05 bits per heavy atom. The molecule has 2 atom stereocenters. The number of hydrogen-bond acceptors (Lipinski definition) is 4. The zero-order valence-electron chi connectivity index (χ0n) is 11.6. The van der Waals surface area contributed by atoms with E-state index in [0.717, 1.165) is 24.8 Å². The summed E-state index contributed by atoms with van der Waals surface area (Å²) >= 11 is 0. The molecule has 3 N–H and O–H groups in total. The van der Waals surface area contributed by atoms with Crippen LogP contribution in [0.25, 0.3) is 10.8 Å². The molecule has 1 aliphatic heterocycles. The number of hydrogen-bond donors (Lipinski definition) is 2. The number of aromatic nitrogens is 1. The van der Waals surface area contributed by atoms with Crippen molar-refractivity contribution in [2.75, 3.05) is 6.61 Å². The van der Waals surface area contributed by atoms with Crippen LogP contribution in [0.4, 0.5) is 0 Å². The third kappa shape index (κ3) is 2.82. The molecule has 20 heavy (non-hydrogen) atoms. The molecule has 1 aromatic carbocycles. The number of nitrogens with zero attached hydrogens (tertiary/aromatic N) is 1. The van der Waals surface area contributed by atoms with Gasteiger partial charge in [0.1, 0.15) is 0 Å². The predicted octanol–water partition coefficient (Wildman–Crippen LogP) is 2.70. The molecule has 3 rings (SSSR count). The van der Waals surface area contributed by atoms with Gasteiger partial charge in [0, 0.05) is 30.4 Å². The van der Waals surface area contributed by atoms with Gasteiger partial charge in [-0.05, 0) is 36.6 Å². The second-order valence-electron chi connectivity index (χ2n) is 5.38. The van der Waals surface area contributed by atoms with E-state index in [-0.39, 0.29) is 6.04 Å². The SMILES string of the molecule is NNC(CCC1CCCO1)c1cncc2ccccc12. The minimum absolute atomic E-state index is 0.123. The van der Waals surface area contributed by atoms with Crippen LogP contribution in [0.15, 0.2) is 36.7 Å². The molecule has 4 heteroatoms. The summed E-state index contributed by atoms with van der Waals surface area (Å²) in [5, 5.41) is 2.38. The van der Waals surface area contributed by atoms with Gasteiger partial charge in [0.25, 0.3) is 0 Å². The lowest BCUT2D eigenvalue weighted by Crippen LogP contribution is -2.29. The standard InChI is InChI=1S/C16H21N3O/c17-19-16(8-7-13-5-3-9-20-13)15-11-18-10-12-4-1-2-6-14(12)15/h1-2,4,6,10-11,13,16,19H,3,5,7-9,17H2. The highest BCUT2D eigenvalue weighted by molar-refractivity contribution is 5.85. The minimum atomic E-state index is 0.123. The van der Waals surface area contributed by atoms with E-state index in [4.69, 9.17) is 10.6 Å². The van der Waals surface area contributed by atoms with E-state index in [1.165, 1.54) is 23.8 Å². The lowest BCUT2D eigenvalue weighted by molar-refractivity contribution is 0.0996. The van der Waals surface area contributed by atoms with Crippen molar-refractivity contribution < 1.29 is 4.74 Å². The number of nitrogens with one attached hydrogen (secondary N) is 1. The molecule has 1 aromatic heterocycles. The van der Waals surface area contributed by atoms with Gasteiger partial charge in [-0.25, -0.2) is 0 Å². The first-order valence-corrected chi connectivity index (χ1v) is 7.29. The molecule has 2 heterocycles. The molecule has 0 radical (unpaired) electrons. The molecule has 0 saturated carbocycles. The smallest absolute Gasteiger partial charge is 0.0576 e. The maximum absolute atomic E-state index is 5.76. The van der Waals surface area contributed by atoms with E-state index in [2.05, 4.69) is 28.6 Å². The molecule has 0 bridgehead atoms. The van der Waals surface area contributed by atoms with Gasteiger partial charge in [0.15, 0.2) is 0 Å². The fourth-order valence-electron chi connectivity index (χ4n) is 2.97. The van der Waals surface area contributed by atoms with Crippen molar-refractivity contribution in [1.29, 1.82) is 0 Å². The van der Waals surface area contributed by atoms with Crippen LogP contribution < -0.4 is 11.3 Å². The second kappa shape index (κ2) is 6.31. The van der Waals surface area contributed by atoms with E-state index in [1.807, 2.05) is 18.5 Å². The molecule has 0 spiro atoms. The van der Waals surface area contributed by atoms with Crippen LogP contribution in [0.1, 0.15) is 37.3 Å². The van der Waals surface area contributed by atoms with Gasteiger partial charge in [-0.2, -0.15) is 0 Å². The van der Waals surface area contributed by atoms with Crippen molar-refractivity contribution in [3.8, 4) is 0 Å². The molecular weight excluding hydrogens is 250 g/mol. The lowest BCUT2D eigenvalue weighted by Gasteiger charge is -2.19. The van der Waals surface area contributed by atoms with Crippen LogP contribution in [0.3, 0.4) is 0 Å². The molecular formula is C16H21N3O. The molecule has 2 unspecified atom stereocenters. The molecule has 2 aromatic rings. The Morgan fingerprint density at radius 2 is 2.25 bits per heavy atom. The summed E-state index contributed by atoms with van der Waals surface area (Å²) in [6.07, 6.45) is 8.57. The minimum Gasteiger partial charge on any atom is -0.378 e.